The van der Waals surface area contributed by atoms with Crippen molar-refractivity contribution in [1.29, 1.82) is 5.41 Å². The predicted octanol–water partition coefficient (Wildman–Crippen LogP) is 3.25. The summed E-state index contributed by atoms with van der Waals surface area (Å²) in [4.78, 5) is 1.81. The summed E-state index contributed by atoms with van der Waals surface area (Å²) in [6.45, 7) is 2.15. The fourth-order valence-electron chi connectivity index (χ4n) is 0.561. The Hall–Kier alpha value is 0.290. The molecule has 4 heteroatoms. The highest BCUT2D eigenvalue weighted by Gasteiger charge is 1.98. The van der Waals surface area contributed by atoms with E-state index in [1.165, 1.54) is 6.34 Å². The van der Waals surface area contributed by atoms with Crippen molar-refractivity contribution in [2.24, 2.45) is 0 Å². The Balaban J connectivity index is 4.02. The van der Waals surface area contributed by atoms with Crippen LogP contribution in [0.2, 0.25) is 0 Å². The van der Waals surface area contributed by atoms with E-state index in [-0.39, 0.29) is 0 Å². The van der Waals surface area contributed by atoms with Gasteiger partial charge in [-0.25, -0.2) is 0 Å². The van der Waals surface area contributed by atoms with Crippen LogP contribution in [-0.2, 0) is 0 Å². The molecule has 0 aromatic carbocycles. The van der Waals surface area contributed by atoms with Crippen LogP contribution in [0.1, 0.15) is 19.8 Å². The molecule has 0 rings (SSSR count). The number of rotatable bonds is 5. The first-order valence-corrected chi connectivity index (χ1v) is 6.84. The SMILES string of the molecule is CCC/C=C(\SI)N(C)C=N. The van der Waals surface area contributed by atoms with E-state index in [1.54, 1.807) is 8.93 Å². The number of nitrogens with zero attached hydrogens (tertiary/aromatic N) is 1. The maximum atomic E-state index is 7.02. The summed E-state index contributed by atoms with van der Waals surface area (Å²) in [6.07, 6.45) is 5.73. The van der Waals surface area contributed by atoms with Gasteiger partial charge >= 0.3 is 0 Å². The number of unbranched alkanes of at least 4 members (excludes halogenated alkanes) is 1. The molecule has 0 unspecified atom stereocenters. The van der Waals surface area contributed by atoms with Crippen LogP contribution in [0.3, 0.4) is 0 Å². The predicted molar refractivity (Wildman–Crippen MR) is 61.1 cm³/mol. The Morgan fingerprint density at radius 3 is 2.73 bits per heavy atom. The van der Waals surface area contributed by atoms with E-state index < -0.39 is 0 Å². The van der Waals surface area contributed by atoms with Crippen LogP contribution in [0.25, 0.3) is 0 Å². The van der Waals surface area contributed by atoms with Crippen molar-refractivity contribution in [3.05, 3.63) is 11.1 Å². The summed E-state index contributed by atoms with van der Waals surface area (Å²) < 4.78 is 0. The van der Waals surface area contributed by atoms with Crippen molar-refractivity contribution >= 4 is 36.5 Å². The minimum atomic E-state index is 1.09. The lowest BCUT2D eigenvalue weighted by molar-refractivity contribution is 0.684. The molecule has 0 bridgehead atoms. The third-order valence-corrected chi connectivity index (χ3v) is 3.19. The average molecular weight is 284 g/mol. The lowest BCUT2D eigenvalue weighted by Crippen LogP contribution is -2.11. The largest absolute Gasteiger partial charge is 0.330 e. The van der Waals surface area contributed by atoms with E-state index in [9.17, 15) is 0 Å². The molecule has 0 atom stereocenters. The molecule has 2 nitrogen and oxygen atoms in total. The van der Waals surface area contributed by atoms with E-state index in [1.807, 2.05) is 11.9 Å². The second-order valence-electron chi connectivity index (χ2n) is 2.15. The number of halogens is 1. The Morgan fingerprint density at radius 2 is 2.36 bits per heavy atom. The summed E-state index contributed by atoms with van der Waals surface area (Å²) in [7, 11) is 3.54. The summed E-state index contributed by atoms with van der Waals surface area (Å²) in [5.74, 6) is 0. The maximum absolute atomic E-state index is 7.02. The highest BCUT2D eigenvalue weighted by atomic mass is 127. The standard InChI is InChI=1S/C7H13IN2S/c1-3-4-5-7(11-8)10(2)6-9/h5-6,9H,3-4H2,1-2H3/b7-5-,9-6?. The maximum Gasteiger partial charge on any atom is 0.0863 e. The highest BCUT2D eigenvalue weighted by Crippen LogP contribution is 2.25. The fourth-order valence-corrected chi connectivity index (χ4v) is 2.38. The first kappa shape index (κ1) is 11.3. The lowest BCUT2D eigenvalue weighted by atomic mass is 10.3. The van der Waals surface area contributed by atoms with Crippen LogP contribution >= 0.6 is 30.1 Å². The van der Waals surface area contributed by atoms with Crippen LogP contribution in [0.15, 0.2) is 11.1 Å². The van der Waals surface area contributed by atoms with Crippen LogP contribution in [0.5, 0.6) is 0 Å². The zero-order chi connectivity index (χ0) is 8.69. The minimum absolute atomic E-state index is 1.09. The van der Waals surface area contributed by atoms with Gasteiger partial charge in [0.2, 0.25) is 0 Å². The van der Waals surface area contributed by atoms with Crippen molar-refractivity contribution in [1.82, 2.24) is 4.90 Å². The molecule has 0 fully saturated rings. The lowest BCUT2D eigenvalue weighted by Gasteiger charge is -2.12. The molecule has 0 aromatic heterocycles. The first-order valence-electron chi connectivity index (χ1n) is 3.48. The molecule has 0 heterocycles. The van der Waals surface area contributed by atoms with Crippen LogP contribution < -0.4 is 0 Å². The number of nitrogens with one attached hydrogen (secondary N) is 1. The quantitative estimate of drug-likeness (QED) is 0.476. The molecule has 0 radical (unpaired) electrons. The number of allylic oxidation sites excluding steroid dienone is 1. The molecule has 0 aliphatic heterocycles. The molecule has 0 aromatic rings. The third kappa shape index (κ3) is 4.68. The van der Waals surface area contributed by atoms with Gasteiger partial charge in [-0.1, -0.05) is 19.4 Å². The zero-order valence-corrected chi connectivity index (χ0v) is 9.78. The van der Waals surface area contributed by atoms with Crippen LogP contribution in [-0.4, -0.2) is 18.3 Å². The summed E-state index contributed by atoms with van der Waals surface area (Å²) in [5, 5.41) is 8.16. The smallest absolute Gasteiger partial charge is 0.0863 e. The van der Waals surface area contributed by atoms with E-state index in [0.29, 0.717) is 0 Å². The van der Waals surface area contributed by atoms with Gasteiger partial charge in [-0.2, -0.15) is 0 Å². The Bertz CT molecular complexity index is 147. The van der Waals surface area contributed by atoms with E-state index in [4.69, 9.17) is 5.41 Å². The third-order valence-electron chi connectivity index (χ3n) is 1.23. The minimum Gasteiger partial charge on any atom is -0.330 e. The van der Waals surface area contributed by atoms with Gasteiger partial charge in [0.25, 0.3) is 0 Å². The molecule has 0 aliphatic rings. The van der Waals surface area contributed by atoms with Gasteiger partial charge in [0.1, 0.15) is 0 Å². The van der Waals surface area contributed by atoms with Gasteiger partial charge in [0.05, 0.1) is 11.4 Å². The molecule has 1 N–H and O–H groups in total. The summed E-state index contributed by atoms with van der Waals surface area (Å²) in [6, 6.07) is 0. The monoisotopic (exact) mass is 284 g/mol. The Kier molecular flexibility index (Phi) is 7.15. The Morgan fingerprint density at radius 1 is 1.73 bits per heavy atom. The molecular weight excluding hydrogens is 271 g/mol. The van der Waals surface area contributed by atoms with Crippen LogP contribution in [0, 0.1) is 5.41 Å². The molecule has 0 spiro atoms. The zero-order valence-electron chi connectivity index (χ0n) is 6.80. The van der Waals surface area contributed by atoms with Gasteiger partial charge in [0, 0.05) is 28.3 Å². The second-order valence-corrected chi connectivity index (χ2v) is 4.04. The molecule has 0 saturated carbocycles. The van der Waals surface area contributed by atoms with Crippen molar-refractivity contribution in [3.8, 4) is 0 Å². The van der Waals surface area contributed by atoms with Gasteiger partial charge in [0.15, 0.2) is 0 Å². The topological polar surface area (TPSA) is 27.1 Å². The van der Waals surface area contributed by atoms with Crippen molar-refractivity contribution in [2.75, 3.05) is 7.05 Å². The van der Waals surface area contributed by atoms with Gasteiger partial charge < -0.3 is 4.90 Å². The molecule has 64 valence electrons. The fraction of sp³-hybridized carbons (Fsp3) is 0.571. The van der Waals surface area contributed by atoms with Crippen LogP contribution in [0.4, 0.5) is 0 Å². The average Bonchev–Trinajstić information content (AvgIpc) is 2.05. The summed E-state index contributed by atoms with van der Waals surface area (Å²) in [5.41, 5.74) is 0. The van der Waals surface area contributed by atoms with Gasteiger partial charge in [-0.15, -0.1) is 0 Å². The summed E-state index contributed by atoms with van der Waals surface area (Å²) >= 11 is 2.23. The van der Waals surface area contributed by atoms with Gasteiger partial charge in [-0.3, -0.25) is 5.41 Å². The molecule has 0 amide bonds. The van der Waals surface area contributed by atoms with E-state index >= 15 is 0 Å². The Labute approximate surface area is 84.5 Å². The van der Waals surface area contributed by atoms with E-state index in [2.05, 4.69) is 34.2 Å². The van der Waals surface area contributed by atoms with Crippen molar-refractivity contribution < 1.29 is 0 Å². The van der Waals surface area contributed by atoms with E-state index in [0.717, 1.165) is 17.9 Å². The first-order chi connectivity index (χ1) is 5.26. The molecule has 0 saturated heterocycles. The number of hydrogen-bond acceptors (Lipinski definition) is 2. The molecule has 11 heavy (non-hydrogen) atoms. The molecule has 0 aliphatic carbocycles. The van der Waals surface area contributed by atoms with Gasteiger partial charge in [-0.05, 0) is 15.4 Å². The highest BCUT2D eigenvalue weighted by molar-refractivity contribution is 14.2. The second kappa shape index (κ2) is 6.97. The van der Waals surface area contributed by atoms with Crippen molar-refractivity contribution in [2.45, 2.75) is 19.8 Å². The number of hydrogen-bond donors (Lipinski definition) is 1. The molecular formula is C7H13IN2S. The van der Waals surface area contributed by atoms with Crippen molar-refractivity contribution in [3.63, 3.8) is 0 Å². The normalized spacial score (nSPS) is 11.4.